The van der Waals surface area contributed by atoms with E-state index in [-0.39, 0.29) is 24.3 Å². The van der Waals surface area contributed by atoms with Gasteiger partial charge in [0.15, 0.2) is 0 Å². The summed E-state index contributed by atoms with van der Waals surface area (Å²) >= 11 is 0. The molecule has 10 N–H and O–H groups in total. The minimum absolute atomic E-state index is 0.161. The van der Waals surface area contributed by atoms with Crippen LogP contribution < -0.4 is 9.47 Å². The Balaban J connectivity index is 1.12. The minimum Gasteiger partial charge on any atom is -0.481 e. The fraction of sp³-hybridized carbons (Fsp3) is 0.435. The van der Waals surface area contributed by atoms with E-state index in [1.165, 1.54) is 0 Å². The SMILES string of the molecule is O=C(O)Cc1ccc(-c2cc(CCCCCCc3ccc(O[C@]4(O)CO[C@H](CO)[C@@H](O)[C@@H]4O)c(-c4ccc(CC(=O)O)cc4)c3)ccc2O[C@]2(O)CO[C@H](CO)[C@@H](O)[C@@H]2O)cc1. The van der Waals surface area contributed by atoms with Crippen LogP contribution in [0.25, 0.3) is 22.3 Å². The first-order chi connectivity index (χ1) is 29.6. The monoisotopic (exact) mass is 862 g/mol. The Hall–Kier alpha value is -4.98. The van der Waals surface area contributed by atoms with Crippen LogP contribution in [0.15, 0.2) is 84.9 Å². The molecule has 4 aromatic carbocycles. The molecule has 2 fully saturated rings. The molecule has 2 aliphatic heterocycles. The van der Waals surface area contributed by atoms with Crippen LogP contribution in [0.5, 0.6) is 11.5 Å². The standard InChI is InChI=1S/C46H54O16/c47-23-37-41(53)43(55)45(57,25-59-37)61-35-17-11-27(19-33(35)31-13-7-29(8-14-31)21-39(49)50)5-3-1-2-4-6-28-12-18-36(62-46(58)26-60-38(24-48)42(54)44(46)56)34(20-28)32-15-9-30(10-16-32)22-40(51)52/h7-20,37-38,41-44,47-48,53-58H,1-6,21-26H2,(H,49,50)(H,51,52)/t37-,38-,41-,42-,43+,44+,45-,46-/m1/s1. The number of aryl methyl sites for hydroxylation is 2. The van der Waals surface area contributed by atoms with Crippen molar-refractivity contribution in [3.63, 3.8) is 0 Å². The van der Waals surface area contributed by atoms with E-state index >= 15 is 0 Å². The molecule has 6 rings (SSSR count). The molecule has 16 heteroatoms. The van der Waals surface area contributed by atoms with Crippen molar-refractivity contribution in [1.29, 1.82) is 0 Å². The molecule has 0 unspecified atom stereocenters. The van der Waals surface area contributed by atoms with Crippen molar-refractivity contribution in [1.82, 2.24) is 0 Å². The van der Waals surface area contributed by atoms with Gasteiger partial charge in [0.05, 0.1) is 26.1 Å². The number of hydrogen-bond acceptors (Lipinski definition) is 14. The van der Waals surface area contributed by atoms with E-state index < -0.39 is 86.6 Å². The predicted molar refractivity (Wildman–Crippen MR) is 221 cm³/mol. The fourth-order valence-corrected chi connectivity index (χ4v) is 7.70. The summed E-state index contributed by atoms with van der Waals surface area (Å²) in [7, 11) is 0. The van der Waals surface area contributed by atoms with Gasteiger partial charge in [0.1, 0.15) is 61.3 Å². The van der Waals surface area contributed by atoms with Gasteiger partial charge >= 0.3 is 11.9 Å². The zero-order valence-corrected chi connectivity index (χ0v) is 34.0. The van der Waals surface area contributed by atoms with Crippen molar-refractivity contribution in [2.24, 2.45) is 0 Å². The van der Waals surface area contributed by atoms with Crippen molar-refractivity contribution in [3.05, 3.63) is 107 Å². The molecule has 0 aromatic heterocycles. The van der Waals surface area contributed by atoms with Gasteiger partial charge in [0.2, 0.25) is 0 Å². The van der Waals surface area contributed by atoms with Gasteiger partial charge < -0.3 is 70.0 Å². The molecule has 8 atom stereocenters. The number of hydrogen-bond donors (Lipinski definition) is 10. The molecule has 334 valence electrons. The molecule has 0 bridgehead atoms. The molecule has 2 saturated heterocycles. The van der Waals surface area contributed by atoms with Gasteiger partial charge in [0.25, 0.3) is 11.6 Å². The summed E-state index contributed by atoms with van der Waals surface area (Å²) in [5.41, 5.74) is 5.54. The largest absolute Gasteiger partial charge is 0.481 e. The smallest absolute Gasteiger partial charge is 0.307 e. The number of unbranched alkanes of at least 4 members (excludes halogenated alkanes) is 3. The second-order valence-corrected chi connectivity index (χ2v) is 15.9. The van der Waals surface area contributed by atoms with Crippen LogP contribution in [0.3, 0.4) is 0 Å². The highest BCUT2D eigenvalue weighted by Gasteiger charge is 2.52. The lowest BCUT2D eigenvalue weighted by Crippen LogP contribution is -2.64. The second kappa shape index (κ2) is 20.5. The van der Waals surface area contributed by atoms with Gasteiger partial charge in [-0.25, -0.2) is 0 Å². The highest BCUT2D eigenvalue weighted by Crippen LogP contribution is 2.38. The van der Waals surface area contributed by atoms with E-state index in [1.54, 1.807) is 60.7 Å². The van der Waals surface area contributed by atoms with Crippen LogP contribution in [0.4, 0.5) is 0 Å². The van der Waals surface area contributed by atoms with Gasteiger partial charge in [-0.3, -0.25) is 9.59 Å². The van der Waals surface area contributed by atoms with Gasteiger partial charge in [0, 0.05) is 11.1 Å². The van der Waals surface area contributed by atoms with Gasteiger partial charge in [-0.15, -0.1) is 0 Å². The van der Waals surface area contributed by atoms with Crippen molar-refractivity contribution in [3.8, 4) is 33.8 Å². The summed E-state index contributed by atoms with van der Waals surface area (Å²) in [6.07, 6.45) is -4.52. The number of carboxylic acid groups (broad SMARTS) is 2. The first-order valence-electron chi connectivity index (χ1n) is 20.5. The summed E-state index contributed by atoms with van der Waals surface area (Å²) < 4.78 is 22.6. The van der Waals surface area contributed by atoms with Crippen molar-refractivity contribution < 1.29 is 79.6 Å². The summed E-state index contributed by atoms with van der Waals surface area (Å²) in [5, 5.41) is 102. The Bertz CT molecular complexity index is 1980. The van der Waals surface area contributed by atoms with Crippen LogP contribution in [-0.2, 0) is 44.7 Å². The van der Waals surface area contributed by atoms with Crippen molar-refractivity contribution in [2.75, 3.05) is 26.4 Å². The number of ether oxygens (including phenoxy) is 4. The molecular weight excluding hydrogens is 808 g/mol. The zero-order valence-electron chi connectivity index (χ0n) is 34.0. The molecular formula is C46H54O16. The third-order valence-electron chi connectivity index (χ3n) is 11.3. The number of carboxylic acids is 2. The average Bonchev–Trinajstić information content (AvgIpc) is 3.24. The third-order valence-corrected chi connectivity index (χ3v) is 11.3. The van der Waals surface area contributed by atoms with Gasteiger partial charge in [-0.2, -0.15) is 0 Å². The first-order valence-corrected chi connectivity index (χ1v) is 20.5. The number of aliphatic hydroxyl groups is 8. The van der Waals surface area contributed by atoms with E-state index in [9.17, 15) is 60.7 Å². The molecule has 0 amide bonds. The number of rotatable bonds is 19. The van der Waals surface area contributed by atoms with Crippen LogP contribution in [0.2, 0.25) is 0 Å². The predicted octanol–water partition coefficient (Wildman–Crippen LogP) is 1.98. The molecule has 2 aliphatic rings. The molecule has 0 spiro atoms. The number of carbonyl (C=O) groups is 2. The van der Waals surface area contributed by atoms with Gasteiger partial charge in [-0.1, -0.05) is 73.5 Å². The Morgan fingerprint density at radius 3 is 1.24 bits per heavy atom. The van der Waals surface area contributed by atoms with E-state index in [2.05, 4.69) is 0 Å². The lowest BCUT2D eigenvalue weighted by atomic mass is 9.95. The zero-order chi connectivity index (χ0) is 44.6. The van der Waals surface area contributed by atoms with Gasteiger partial charge in [-0.05, 0) is 83.3 Å². The number of aliphatic hydroxyl groups excluding tert-OH is 6. The minimum atomic E-state index is -2.33. The highest BCUT2D eigenvalue weighted by molar-refractivity contribution is 5.75. The highest BCUT2D eigenvalue weighted by atomic mass is 16.7. The molecule has 16 nitrogen and oxygen atoms in total. The molecule has 2 heterocycles. The lowest BCUT2D eigenvalue weighted by Gasteiger charge is -2.42. The second-order valence-electron chi connectivity index (χ2n) is 15.9. The molecule has 0 aliphatic carbocycles. The quantitative estimate of drug-likeness (QED) is 0.0477. The normalized spacial score (nSPS) is 26.2. The lowest BCUT2D eigenvalue weighted by molar-refractivity contribution is -0.307. The van der Waals surface area contributed by atoms with E-state index in [0.29, 0.717) is 46.2 Å². The maximum absolute atomic E-state index is 11.3. The maximum atomic E-state index is 11.3. The third kappa shape index (κ3) is 11.1. The van der Waals surface area contributed by atoms with Crippen LogP contribution in [-0.4, -0.2) is 138 Å². The molecule has 4 aromatic rings. The van der Waals surface area contributed by atoms with Crippen molar-refractivity contribution >= 4 is 11.9 Å². The average molecular weight is 863 g/mol. The number of aliphatic carboxylic acids is 2. The van der Waals surface area contributed by atoms with E-state index in [4.69, 9.17) is 18.9 Å². The van der Waals surface area contributed by atoms with Crippen LogP contribution >= 0.6 is 0 Å². The summed E-state index contributed by atoms with van der Waals surface area (Å²) in [6, 6.07) is 24.5. The summed E-state index contributed by atoms with van der Waals surface area (Å²) in [5.74, 6) is -6.21. The molecule has 0 radical (unpaired) electrons. The Labute approximate surface area is 357 Å². The number of benzene rings is 4. The van der Waals surface area contributed by atoms with Crippen LogP contribution in [0.1, 0.15) is 47.9 Å². The summed E-state index contributed by atoms with van der Waals surface area (Å²) in [6.45, 7) is -2.17. The molecule has 0 saturated carbocycles. The van der Waals surface area contributed by atoms with E-state index in [1.807, 2.05) is 24.3 Å². The first kappa shape index (κ1) is 46.5. The van der Waals surface area contributed by atoms with Crippen molar-refractivity contribution in [2.45, 2.75) is 99.6 Å². The molecule has 62 heavy (non-hydrogen) atoms. The van der Waals surface area contributed by atoms with E-state index in [0.717, 1.165) is 36.8 Å². The summed E-state index contributed by atoms with van der Waals surface area (Å²) in [4.78, 5) is 22.5. The maximum Gasteiger partial charge on any atom is 0.307 e. The Morgan fingerprint density at radius 1 is 0.548 bits per heavy atom. The van der Waals surface area contributed by atoms with Crippen LogP contribution in [0, 0.1) is 0 Å². The topological polar surface area (TPSA) is 273 Å². The Kier molecular flexibility index (Phi) is 15.4. The fourth-order valence-electron chi connectivity index (χ4n) is 7.70. The Morgan fingerprint density at radius 2 is 0.903 bits per heavy atom.